The Bertz CT molecular complexity index is 1000. The second-order valence-corrected chi connectivity index (χ2v) is 6.34. The number of hydrogen-bond acceptors (Lipinski definition) is 5. The number of rotatable bonds is 6. The fourth-order valence-corrected chi connectivity index (χ4v) is 2.65. The molecule has 2 heterocycles. The topological polar surface area (TPSA) is 65.7 Å². The first kappa shape index (κ1) is 17.2. The zero-order valence-corrected chi connectivity index (χ0v) is 15.1. The largest absolute Gasteiger partial charge is 0.487 e. The first-order chi connectivity index (χ1) is 13.3. The highest BCUT2D eigenvalue weighted by Gasteiger charge is 2.06. The molecular weight excluding hydrogens is 362 g/mol. The molecule has 0 aliphatic rings. The van der Waals surface area contributed by atoms with Crippen LogP contribution in [0.25, 0.3) is 11.4 Å². The van der Waals surface area contributed by atoms with Crippen LogP contribution < -0.4 is 4.74 Å². The summed E-state index contributed by atoms with van der Waals surface area (Å²) >= 11 is 5.91. The molecule has 0 radical (unpaired) electrons. The summed E-state index contributed by atoms with van der Waals surface area (Å²) < 4.78 is 5.75. The summed E-state index contributed by atoms with van der Waals surface area (Å²) in [5.74, 6) is 1.36. The zero-order valence-electron chi connectivity index (χ0n) is 14.4. The Morgan fingerprint density at radius 1 is 0.926 bits per heavy atom. The molecule has 0 fully saturated rings. The number of nitrogens with zero attached hydrogens (tertiary/aromatic N) is 5. The van der Waals surface area contributed by atoms with Crippen LogP contribution in [0.2, 0.25) is 5.02 Å². The van der Waals surface area contributed by atoms with Gasteiger partial charge in [0.1, 0.15) is 12.4 Å². The van der Waals surface area contributed by atoms with Gasteiger partial charge in [-0.15, -0.1) is 10.2 Å². The van der Waals surface area contributed by atoms with E-state index in [1.807, 2.05) is 54.6 Å². The minimum atomic E-state index is 0.440. The predicted molar refractivity (Wildman–Crippen MR) is 102 cm³/mol. The van der Waals surface area contributed by atoms with Crippen molar-refractivity contribution >= 4 is 11.6 Å². The van der Waals surface area contributed by atoms with Crippen LogP contribution in [0.5, 0.6) is 5.75 Å². The maximum Gasteiger partial charge on any atom is 0.204 e. The second kappa shape index (κ2) is 7.97. The van der Waals surface area contributed by atoms with Gasteiger partial charge in [-0.3, -0.25) is 4.98 Å². The Morgan fingerprint density at radius 3 is 2.48 bits per heavy atom. The lowest BCUT2D eigenvalue weighted by Gasteiger charge is -2.06. The molecule has 4 rings (SSSR count). The lowest BCUT2D eigenvalue weighted by atomic mass is 10.2. The lowest BCUT2D eigenvalue weighted by molar-refractivity contribution is 0.301. The number of ether oxygens (including phenoxy) is 1. The van der Waals surface area contributed by atoms with Crippen molar-refractivity contribution in [1.29, 1.82) is 0 Å². The summed E-state index contributed by atoms with van der Waals surface area (Å²) in [4.78, 5) is 5.80. The van der Waals surface area contributed by atoms with E-state index >= 15 is 0 Å². The first-order valence-electron chi connectivity index (χ1n) is 8.42. The highest BCUT2D eigenvalue weighted by molar-refractivity contribution is 6.30. The second-order valence-electron chi connectivity index (χ2n) is 5.90. The molecule has 2 aromatic heterocycles. The number of pyridine rings is 1. The summed E-state index contributed by atoms with van der Waals surface area (Å²) in [7, 11) is 0. The number of benzene rings is 2. The maximum atomic E-state index is 5.91. The molecule has 0 atom stereocenters. The summed E-state index contributed by atoms with van der Waals surface area (Å²) in [5.41, 5.74) is 2.83. The fraction of sp³-hybridized carbons (Fsp3) is 0.100. The van der Waals surface area contributed by atoms with Gasteiger partial charge in [0.05, 0.1) is 12.2 Å². The van der Waals surface area contributed by atoms with Gasteiger partial charge in [0.15, 0.2) is 0 Å². The molecule has 0 bridgehead atoms. The molecule has 0 amide bonds. The third-order valence-corrected chi connectivity index (χ3v) is 4.17. The highest BCUT2D eigenvalue weighted by atomic mass is 35.5. The Labute approximate surface area is 161 Å². The van der Waals surface area contributed by atoms with Crippen molar-refractivity contribution in [2.75, 3.05) is 0 Å². The van der Waals surface area contributed by atoms with Crippen molar-refractivity contribution < 1.29 is 4.74 Å². The highest BCUT2D eigenvalue weighted by Crippen LogP contribution is 2.18. The minimum Gasteiger partial charge on any atom is -0.487 e. The molecule has 0 saturated heterocycles. The van der Waals surface area contributed by atoms with Crippen LogP contribution in [0.1, 0.15) is 11.3 Å². The van der Waals surface area contributed by atoms with E-state index in [1.54, 1.807) is 23.1 Å². The molecular formula is C20H16ClN5O. The number of tetrazole rings is 1. The molecule has 2 aromatic carbocycles. The van der Waals surface area contributed by atoms with E-state index in [4.69, 9.17) is 16.3 Å². The van der Waals surface area contributed by atoms with E-state index in [-0.39, 0.29) is 0 Å². The van der Waals surface area contributed by atoms with Gasteiger partial charge in [-0.05, 0) is 59.3 Å². The zero-order chi connectivity index (χ0) is 18.5. The number of hydrogen-bond donors (Lipinski definition) is 0. The van der Waals surface area contributed by atoms with Crippen molar-refractivity contribution in [2.24, 2.45) is 0 Å². The summed E-state index contributed by atoms with van der Waals surface area (Å²) in [6, 6.07) is 20.9. The van der Waals surface area contributed by atoms with Crippen LogP contribution in [0.15, 0.2) is 72.9 Å². The molecule has 0 N–H and O–H groups in total. The van der Waals surface area contributed by atoms with Gasteiger partial charge in [-0.25, -0.2) is 0 Å². The Hall–Kier alpha value is -3.25. The third kappa shape index (κ3) is 4.48. The van der Waals surface area contributed by atoms with Crippen LogP contribution >= 0.6 is 11.6 Å². The molecule has 7 heteroatoms. The van der Waals surface area contributed by atoms with Gasteiger partial charge in [0, 0.05) is 16.8 Å². The van der Waals surface area contributed by atoms with E-state index in [0.717, 1.165) is 22.6 Å². The minimum absolute atomic E-state index is 0.440. The van der Waals surface area contributed by atoms with Gasteiger partial charge >= 0.3 is 0 Å². The lowest BCUT2D eigenvalue weighted by Crippen LogP contribution is -2.04. The Kier molecular flexibility index (Phi) is 5.07. The number of halogens is 1. The van der Waals surface area contributed by atoms with E-state index in [0.29, 0.717) is 24.0 Å². The SMILES string of the molecule is Clc1ccc(-c2nnn(Cc3ccc(OCc4ccccn4)cc3)n2)cc1. The maximum absolute atomic E-state index is 5.91. The van der Waals surface area contributed by atoms with E-state index in [2.05, 4.69) is 20.4 Å². The van der Waals surface area contributed by atoms with Crippen LogP contribution in [0.3, 0.4) is 0 Å². The Balaban J connectivity index is 1.38. The summed E-state index contributed by atoms with van der Waals surface area (Å²) in [6.45, 7) is 0.969. The molecule has 134 valence electrons. The monoisotopic (exact) mass is 377 g/mol. The van der Waals surface area contributed by atoms with E-state index < -0.39 is 0 Å². The summed E-state index contributed by atoms with van der Waals surface area (Å²) in [5, 5.41) is 13.3. The molecule has 27 heavy (non-hydrogen) atoms. The molecule has 0 aliphatic carbocycles. The van der Waals surface area contributed by atoms with Crippen molar-refractivity contribution in [3.8, 4) is 17.1 Å². The van der Waals surface area contributed by atoms with Gasteiger partial charge in [0.25, 0.3) is 0 Å². The molecule has 0 aliphatic heterocycles. The number of aromatic nitrogens is 5. The molecule has 0 unspecified atom stereocenters. The normalized spacial score (nSPS) is 10.7. The molecule has 0 saturated carbocycles. The molecule has 6 nitrogen and oxygen atoms in total. The van der Waals surface area contributed by atoms with Gasteiger partial charge < -0.3 is 4.74 Å². The van der Waals surface area contributed by atoms with Crippen molar-refractivity contribution in [1.82, 2.24) is 25.2 Å². The predicted octanol–water partition coefficient (Wildman–Crippen LogP) is 4.02. The Morgan fingerprint density at radius 2 is 1.74 bits per heavy atom. The average Bonchev–Trinajstić information content (AvgIpc) is 3.17. The van der Waals surface area contributed by atoms with E-state index in [9.17, 15) is 0 Å². The smallest absolute Gasteiger partial charge is 0.204 e. The van der Waals surface area contributed by atoms with Crippen LogP contribution in [0.4, 0.5) is 0 Å². The first-order valence-corrected chi connectivity index (χ1v) is 8.79. The molecule has 4 aromatic rings. The van der Waals surface area contributed by atoms with Gasteiger partial charge in [-0.2, -0.15) is 4.80 Å². The van der Waals surface area contributed by atoms with E-state index in [1.165, 1.54) is 0 Å². The summed E-state index contributed by atoms with van der Waals surface area (Å²) in [6.07, 6.45) is 1.76. The van der Waals surface area contributed by atoms with Crippen LogP contribution in [-0.4, -0.2) is 25.2 Å². The third-order valence-electron chi connectivity index (χ3n) is 3.92. The fourth-order valence-electron chi connectivity index (χ4n) is 2.52. The van der Waals surface area contributed by atoms with Crippen molar-refractivity contribution in [2.45, 2.75) is 13.2 Å². The standard InChI is InChI=1S/C20H16ClN5O/c21-17-8-6-16(7-9-17)20-23-25-26(24-20)13-15-4-10-19(11-5-15)27-14-18-3-1-2-12-22-18/h1-12H,13-14H2. The van der Waals surface area contributed by atoms with Crippen LogP contribution in [0, 0.1) is 0 Å². The van der Waals surface area contributed by atoms with Crippen molar-refractivity contribution in [3.63, 3.8) is 0 Å². The van der Waals surface area contributed by atoms with Gasteiger partial charge in [0.2, 0.25) is 5.82 Å². The van der Waals surface area contributed by atoms with Crippen molar-refractivity contribution in [3.05, 3.63) is 89.2 Å². The van der Waals surface area contributed by atoms with Gasteiger partial charge in [-0.1, -0.05) is 29.8 Å². The average molecular weight is 378 g/mol. The molecule has 0 spiro atoms. The quantitative estimate of drug-likeness (QED) is 0.507. The van der Waals surface area contributed by atoms with Crippen LogP contribution in [-0.2, 0) is 13.2 Å².